The molecule has 2 N–H and O–H groups in total. The monoisotopic (exact) mass is 367 g/mol. The third kappa shape index (κ3) is 4.41. The number of anilines is 2. The lowest BCUT2D eigenvalue weighted by molar-refractivity contribution is 0.0511. The van der Waals surface area contributed by atoms with Crippen molar-refractivity contribution in [1.29, 1.82) is 0 Å². The summed E-state index contributed by atoms with van der Waals surface area (Å²) in [5, 5.41) is 6.81. The molecule has 2 unspecified atom stereocenters. The van der Waals surface area contributed by atoms with E-state index in [9.17, 15) is 4.79 Å². The molecule has 2 aromatic rings. The van der Waals surface area contributed by atoms with Gasteiger partial charge in [-0.25, -0.2) is 0 Å². The molecule has 5 heteroatoms. The highest BCUT2D eigenvalue weighted by molar-refractivity contribution is 7.80. The Bertz CT molecular complexity index is 751. The van der Waals surface area contributed by atoms with Gasteiger partial charge < -0.3 is 15.5 Å². The first kappa shape index (κ1) is 18.4. The quantitative estimate of drug-likeness (QED) is 0.758. The summed E-state index contributed by atoms with van der Waals surface area (Å²) in [6.07, 6.45) is 3.35. The molecule has 1 aliphatic heterocycles. The van der Waals surface area contributed by atoms with Gasteiger partial charge in [-0.1, -0.05) is 18.2 Å². The van der Waals surface area contributed by atoms with Crippen molar-refractivity contribution in [1.82, 2.24) is 4.90 Å². The van der Waals surface area contributed by atoms with Crippen molar-refractivity contribution in [3.63, 3.8) is 0 Å². The number of nitrogens with one attached hydrogen (secondary N) is 2. The van der Waals surface area contributed by atoms with Crippen LogP contribution in [0.15, 0.2) is 54.6 Å². The van der Waals surface area contributed by atoms with Crippen LogP contribution in [0.2, 0.25) is 0 Å². The lowest BCUT2D eigenvalue weighted by atomic mass is 9.96. The number of piperidine rings is 1. The van der Waals surface area contributed by atoms with Crippen molar-refractivity contribution in [2.24, 2.45) is 0 Å². The Morgan fingerprint density at radius 2 is 1.46 bits per heavy atom. The Hall–Kier alpha value is -2.40. The highest BCUT2D eigenvalue weighted by Crippen LogP contribution is 2.25. The lowest BCUT2D eigenvalue weighted by Gasteiger charge is -2.39. The lowest BCUT2D eigenvalue weighted by Crippen LogP contribution is -2.47. The summed E-state index contributed by atoms with van der Waals surface area (Å²) < 4.78 is 0. The fraction of sp³-hybridized carbons (Fsp3) is 0.333. The molecule has 1 amide bonds. The zero-order chi connectivity index (χ0) is 18.5. The molecule has 0 spiro atoms. The van der Waals surface area contributed by atoms with E-state index in [1.165, 1.54) is 6.42 Å². The summed E-state index contributed by atoms with van der Waals surface area (Å²) in [5.74, 6) is 0.112. The molecule has 136 valence electrons. The maximum atomic E-state index is 12.9. The molecule has 1 aliphatic rings. The Kier molecular flexibility index (Phi) is 5.89. The second-order valence-electron chi connectivity index (χ2n) is 6.86. The number of likely N-dealkylation sites (tertiary alicyclic amines) is 1. The fourth-order valence-corrected chi connectivity index (χ4v) is 3.72. The highest BCUT2D eigenvalue weighted by atomic mass is 32.1. The number of hydrogen-bond acceptors (Lipinski definition) is 2. The van der Waals surface area contributed by atoms with E-state index in [0.717, 1.165) is 29.8 Å². The Labute approximate surface area is 160 Å². The zero-order valence-corrected chi connectivity index (χ0v) is 16.1. The van der Waals surface area contributed by atoms with Crippen LogP contribution in [0.5, 0.6) is 0 Å². The molecule has 1 fully saturated rings. The van der Waals surface area contributed by atoms with E-state index in [1.54, 1.807) is 0 Å². The van der Waals surface area contributed by atoms with Crippen LogP contribution in [0.3, 0.4) is 0 Å². The van der Waals surface area contributed by atoms with Crippen LogP contribution >= 0.6 is 12.2 Å². The summed E-state index contributed by atoms with van der Waals surface area (Å²) in [4.78, 5) is 14.9. The normalized spacial score (nSPS) is 19.7. The van der Waals surface area contributed by atoms with Gasteiger partial charge in [0.05, 0.1) is 0 Å². The van der Waals surface area contributed by atoms with E-state index < -0.39 is 0 Å². The van der Waals surface area contributed by atoms with Gasteiger partial charge in [0.15, 0.2) is 5.11 Å². The first-order chi connectivity index (χ1) is 12.5. The Morgan fingerprint density at radius 3 is 2.04 bits per heavy atom. The number of amides is 1. The van der Waals surface area contributed by atoms with Gasteiger partial charge >= 0.3 is 0 Å². The van der Waals surface area contributed by atoms with Gasteiger partial charge in [0, 0.05) is 29.0 Å². The molecular formula is C21H25N3OS. The fourth-order valence-electron chi connectivity index (χ4n) is 3.48. The number of nitrogens with zero attached hydrogens (tertiary/aromatic N) is 1. The van der Waals surface area contributed by atoms with Gasteiger partial charge in [0.25, 0.3) is 5.91 Å². The number of rotatable bonds is 3. The smallest absolute Gasteiger partial charge is 0.254 e. The molecule has 4 nitrogen and oxygen atoms in total. The van der Waals surface area contributed by atoms with E-state index in [2.05, 4.69) is 24.5 Å². The van der Waals surface area contributed by atoms with Crippen molar-refractivity contribution in [3.8, 4) is 0 Å². The van der Waals surface area contributed by atoms with Gasteiger partial charge in [-0.05, 0) is 81.7 Å². The average Bonchev–Trinajstić information content (AvgIpc) is 2.63. The van der Waals surface area contributed by atoms with Crippen molar-refractivity contribution in [2.45, 2.75) is 45.2 Å². The second kappa shape index (κ2) is 8.32. The van der Waals surface area contributed by atoms with Crippen LogP contribution in [0.1, 0.15) is 43.5 Å². The first-order valence-corrected chi connectivity index (χ1v) is 9.51. The van der Waals surface area contributed by atoms with E-state index in [0.29, 0.717) is 17.2 Å². The largest absolute Gasteiger partial charge is 0.333 e. The third-order valence-electron chi connectivity index (χ3n) is 4.85. The van der Waals surface area contributed by atoms with Gasteiger partial charge in [-0.3, -0.25) is 4.79 Å². The van der Waals surface area contributed by atoms with Crippen molar-refractivity contribution in [2.75, 3.05) is 10.6 Å². The molecule has 0 aromatic heterocycles. The Balaban J connectivity index is 1.62. The number of carbonyl (C=O) groups is 1. The molecule has 0 radical (unpaired) electrons. The summed E-state index contributed by atoms with van der Waals surface area (Å²) in [5.41, 5.74) is 2.51. The second-order valence-corrected chi connectivity index (χ2v) is 7.27. The van der Waals surface area contributed by atoms with E-state index in [-0.39, 0.29) is 5.91 Å². The van der Waals surface area contributed by atoms with E-state index >= 15 is 0 Å². The molecule has 3 rings (SSSR count). The third-order valence-corrected chi connectivity index (χ3v) is 5.05. The molecule has 1 heterocycles. The molecule has 0 bridgehead atoms. The molecule has 2 aromatic carbocycles. The minimum atomic E-state index is 0.112. The van der Waals surface area contributed by atoms with Crippen molar-refractivity contribution in [3.05, 3.63) is 60.2 Å². The highest BCUT2D eigenvalue weighted by Gasteiger charge is 2.29. The molecule has 0 aliphatic carbocycles. The van der Waals surface area contributed by atoms with Gasteiger partial charge in [-0.2, -0.15) is 0 Å². The minimum absolute atomic E-state index is 0.112. The van der Waals surface area contributed by atoms with Crippen LogP contribution in [-0.4, -0.2) is 28.0 Å². The van der Waals surface area contributed by atoms with Crippen LogP contribution in [0.25, 0.3) is 0 Å². The van der Waals surface area contributed by atoms with E-state index in [1.807, 2.05) is 59.5 Å². The van der Waals surface area contributed by atoms with Crippen LogP contribution in [0.4, 0.5) is 11.4 Å². The minimum Gasteiger partial charge on any atom is -0.333 e. The van der Waals surface area contributed by atoms with Gasteiger partial charge in [-0.15, -0.1) is 0 Å². The maximum absolute atomic E-state index is 12.9. The number of thiocarbonyl (C=S) groups is 1. The summed E-state index contributed by atoms with van der Waals surface area (Å²) in [7, 11) is 0. The van der Waals surface area contributed by atoms with Crippen molar-refractivity contribution >= 4 is 34.6 Å². The number of hydrogen-bond donors (Lipinski definition) is 2. The predicted molar refractivity (Wildman–Crippen MR) is 112 cm³/mol. The van der Waals surface area contributed by atoms with Crippen LogP contribution in [0, 0.1) is 0 Å². The molecule has 2 atom stereocenters. The van der Waals surface area contributed by atoms with Gasteiger partial charge in [0.1, 0.15) is 0 Å². The summed E-state index contributed by atoms with van der Waals surface area (Å²) >= 11 is 5.34. The average molecular weight is 368 g/mol. The summed E-state index contributed by atoms with van der Waals surface area (Å²) in [6.45, 7) is 4.27. The molecule has 1 saturated heterocycles. The zero-order valence-electron chi connectivity index (χ0n) is 15.2. The Morgan fingerprint density at radius 1 is 0.923 bits per heavy atom. The van der Waals surface area contributed by atoms with Crippen LogP contribution < -0.4 is 10.6 Å². The maximum Gasteiger partial charge on any atom is 0.254 e. The molecule has 26 heavy (non-hydrogen) atoms. The number of benzene rings is 2. The SMILES string of the molecule is CC1CCCC(C)N1C(=O)c1ccc(NC(=S)Nc2ccccc2)cc1. The van der Waals surface area contributed by atoms with Gasteiger partial charge in [0.2, 0.25) is 0 Å². The van der Waals surface area contributed by atoms with Crippen LogP contribution in [-0.2, 0) is 0 Å². The first-order valence-electron chi connectivity index (χ1n) is 9.10. The number of para-hydroxylation sites is 1. The molecule has 0 saturated carbocycles. The van der Waals surface area contributed by atoms with E-state index in [4.69, 9.17) is 12.2 Å². The topological polar surface area (TPSA) is 44.4 Å². The number of carbonyl (C=O) groups excluding carboxylic acids is 1. The molecular weight excluding hydrogens is 342 g/mol. The van der Waals surface area contributed by atoms with Crippen molar-refractivity contribution < 1.29 is 4.79 Å². The summed E-state index contributed by atoms with van der Waals surface area (Å²) in [6, 6.07) is 17.9. The standard InChI is InChI=1S/C21H25N3OS/c1-15-7-6-8-16(2)24(15)20(25)17-11-13-19(14-12-17)23-21(26)22-18-9-4-3-5-10-18/h3-5,9-16H,6-8H2,1-2H3,(H2,22,23,26). The predicted octanol–water partition coefficient (Wildman–Crippen LogP) is 4.90.